The molecule has 34 heavy (non-hydrogen) atoms. The number of hydrogen-bond donors (Lipinski definition) is 7. The van der Waals surface area contributed by atoms with Crippen LogP contribution in [-0.2, 0) is 30.4 Å². The fourth-order valence-electron chi connectivity index (χ4n) is 3.41. The van der Waals surface area contributed by atoms with E-state index in [1.54, 1.807) is 20.0 Å². The first-order chi connectivity index (χ1) is 16.0. The van der Waals surface area contributed by atoms with E-state index in [0.717, 1.165) is 10.9 Å². The van der Waals surface area contributed by atoms with Crippen molar-refractivity contribution >= 4 is 40.6 Å². The van der Waals surface area contributed by atoms with Crippen molar-refractivity contribution in [2.75, 3.05) is 6.54 Å². The zero-order valence-corrected chi connectivity index (χ0v) is 18.8. The highest BCUT2D eigenvalue weighted by Gasteiger charge is 2.32. The number of aromatic nitrogens is 1. The molecule has 2 rings (SSSR count). The predicted octanol–water partition coefficient (Wildman–Crippen LogP) is -0.661. The summed E-state index contributed by atoms with van der Waals surface area (Å²) in [7, 11) is 0. The number of carbonyl (C=O) groups excluding carboxylic acids is 3. The lowest BCUT2D eigenvalue weighted by atomic mass is 10.0. The van der Waals surface area contributed by atoms with Gasteiger partial charge in [0.2, 0.25) is 17.7 Å². The van der Waals surface area contributed by atoms with E-state index in [4.69, 9.17) is 5.73 Å². The Morgan fingerprint density at radius 3 is 2.21 bits per heavy atom. The van der Waals surface area contributed by atoms with Crippen LogP contribution in [0.5, 0.6) is 0 Å². The van der Waals surface area contributed by atoms with Crippen molar-refractivity contribution < 1.29 is 34.2 Å². The van der Waals surface area contributed by atoms with Crippen molar-refractivity contribution in [3.05, 3.63) is 36.0 Å². The molecule has 1 aromatic heterocycles. The Morgan fingerprint density at radius 2 is 1.62 bits per heavy atom. The summed E-state index contributed by atoms with van der Waals surface area (Å²) < 4.78 is 0. The topological polar surface area (TPSA) is 204 Å². The normalized spacial score (nSPS) is 13.6. The molecule has 0 saturated heterocycles. The molecule has 1 aromatic carbocycles. The molecular weight excluding hydrogens is 446 g/mol. The highest BCUT2D eigenvalue weighted by atomic mass is 16.4. The van der Waals surface area contributed by atoms with Gasteiger partial charge in [0.05, 0.1) is 13.0 Å². The lowest BCUT2D eigenvalue weighted by Crippen LogP contribution is -2.57. The molecule has 12 heteroatoms. The van der Waals surface area contributed by atoms with Crippen molar-refractivity contribution in [1.82, 2.24) is 20.9 Å². The molecule has 0 bridgehead atoms. The maximum Gasteiger partial charge on any atom is 0.326 e. The fraction of sp³-hybridized carbons (Fsp3) is 0.409. The third-order valence-corrected chi connectivity index (χ3v) is 5.18. The number of aromatic amines is 1. The van der Waals surface area contributed by atoms with Crippen LogP contribution in [0.2, 0.25) is 0 Å². The molecule has 0 aliphatic carbocycles. The number of para-hydroxylation sites is 1. The van der Waals surface area contributed by atoms with Gasteiger partial charge in [-0.1, -0.05) is 32.0 Å². The molecule has 0 aliphatic rings. The minimum Gasteiger partial charge on any atom is -0.481 e. The molecule has 1 heterocycles. The Balaban J connectivity index is 2.25. The van der Waals surface area contributed by atoms with Crippen LogP contribution in [0, 0.1) is 5.92 Å². The average Bonchev–Trinajstić information content (AvgIpc) is 3.18. The lowest BCUT2D eigenvalue weighted by molar-refractivity contribution is -0.144. The van der Waals surface area contributed by atoms with Crippen molar-refractivity contribution in [2.24, 2.45) is 11.7 Å². The van der Waals surface area contributed by atoms with Gasteiger partial charge in [-0.25, -0.2) is 4.79 Å². The molecule has 0 radical (unpaired) electrons. The number of nitrogens with one attached hydrogen (secondary N) is 4. The van der Waals surface area contributed by atoms with Gasteiger partial charge in [-0.2, -0.15) is 0 Å². The fourth-order valence-corrected chi connectivity index (χ4v) is 3.41. The van der Waals surface area contributed by atoms with Gasteiger partial charge in [0.25, 0.3) is 0 Å². The summed E-state index contributed by atoms with van der Waals surface area (Å²) >= 11 is 0. The molecule has 3 atom stereocenters. The van der Waals surface area contributed by atoms with E-state index in [1.165, 1.54) is 0 Å². The van der Waals surface area contributed by atoms with Crippen LogP contribution < -0.4 is 21.7 Å². The second kappa shape index (κ2) is 11.8. The maximum absolute atomic E-state index is 13.0. The van der Waals surface area contributed by atoms with Gasteiger partial charge in [-0.05, 0) is 17.5 Å². The quantitative estimate of drug-likeness (QED) is 0.209. The minimum atomic E-state index is -1.56. The Labute approximate surface area is 195 Å². The predicted molar refractivity (Wildman–Crippen MR) is 122 cm³/mol. The monoisotopic (exact) mass is 475 g/mol. The number of hydrogen-bond acceptors (Lipinski definition) is 6. The largest absolute Gasteiger partial charge is 0.481 e. The highest BCUT2D eigenvalue weighted by Crippen LogP contribution is 2.19. The number of nitrogens with two attached hydrogens (primary N) is 1. The first-order valence-corrected chi connectivity index (χ1v) is 10.6. The van der Waals surface area contributed by atoms with E-state index >= 15 is 0 Å². The molecule has 184 valence electrons. The van der Waals surface area contributed by atoms with Crippen LogP contribution in [0.4, 0.5) is 0 Å². The van der Waals surface area contributed by atoms with Crippen LogP contribution in [0.3, 0.4) is 0 Å². The third-order valence-electron chi connectivity index (χ3n) is 5.18. The number of H-pyrrole nitrogens is 1. The number of carboxylic acids is 2. The van der Waals surface area contributed by atoms with Gasteiger partial charge in [-0.3, -0.25) is 19.2 Å². The van der Waals surface area contributed by atoms with E-state index in [0.29, 0.717) is 5.56 Å². The zero-order chi connectivity index (χ0) is 25.4. The summed E-state index contributed by atoms with van der Waals surface area (Å²) in [6, 6.07) is 3.31. The van der Waals surface area contributed by atoms with Crippen LogP contribution in [-0.4, -0.2) is 69.5 Å². The number of benzene rings is 1. The van der Waals surface area contributed by atoms with Gasteiger partial charge in [-0.15, -0.1) is 0 Å². The van der Waals surface area contributed by atoms with Crippen LogP contribution >= 0.6 is 0 Å². The summed E-state index contributed by atoms with van der Waals surface area (Å²) in [5.74, 6) is -5.56. The summed E-state index contributed by atoms with van der Waals surface area (Å²) in [5.41, 5.74) is 6.89. The van der Waals surface area contributed by atoms with Gasteiger partial charge in [0, 0.05) is 23.5 Å². The van der Waals surface area contributed by atoms with E-state index in [-0.39, 0.29) is 13.0 Å². The summed E-state index contributed by atoms with van der Waals surface area (Å²) in [4.78, 5) is 63.4. The third kappa shape index (κ3) is 7.04. The van der Waals surface area contributed by atoms with Crippen LogP contribution in [0.15, 0.2) is 30.5 Å². The molecule has 0 aliphatic heterocycles. The Kier molecular flexibility index (Phi) is 9.13. The summed E-state index contributed by atoms with van der Waals surface area (Å²) in [6.45, 7) is 2.76. The highest BCUT2D eigenvalue weighted by molar-refractivity contribution is 5.95. The Hall–Kier alpha value is -3.93. The van der Waals surface area contributed by atoms with E-state index < -0.39 is 60.1 Å². The molecule has 0 saturated carbocycles. The number of carboxylic acid groups (broad SMARTS) is 2. The molecule has 2 aromatic rings. The Bertz CT molecular complexity index is 1060. The summed E-state index contributed by atoms with van der Waals surface area (Å²) in [6.07, 6.45) is 0.931. The molecule has 12 nitrogen and oxygen atoms in total. The molecule has 3 unspecified atom stereocenters. The number of rotatable bonds is 12. The van der Waals surface area contributed by atoms with Gasteiger partial charge in [0.15, 0.2) is 0 Å². The molecular formula is C22H29N5O7. The molecule has 3 amide bonds. The standard InChI is InChI=1S/C22H29N5O7/c1-11(2)19(22(33)34)27-21(32)16(8-18(29)30)26-20(31)15(25-17(28)9-23)7-12-10-24-14-6-4-3-5-13(12)14/h3-6,10-11,15-16,19,24H,7-9,23H2,1-2H3,(H,25,28)(H,26,31)(H,27,32)(H,29,30)(H,33,34). The van der Waals surface area contributed by atoms with Gasteiger partial charge >= 0.3 is 11.9 Å². The van der Waals surface area contributed by atoms with E-state index in [1.807, 2.05) is 24.3 Å². The molecule has 0 fully saturated rings. The summed E-state index contributed by atoms with van der Waals surface area (Å²) in [5, 5.41) is 26.4. The van der Waals surface area contributed by atoms with Gasteiger partial charge < -0.3 is 36.9 Å². The first-order valence-electron chi connectivity index (χ1n) is 10.6. The smallest absolute Gasteiger partial charge is 0.326 e. The lowest BCUT2D eigenvalue weighted by Gasteiger charge is -2.24. The number of carbonyl (C=O) groups is 5. The molecule has 0 spiro atoms. The second-order valence-electron chi connectivity index (χ2n) is 8.12. The second-order valence-corrected chi connectivity index (χ2v) is 8.12. The van der Waals surface area contributed by atoms with E-state index in [9.17, 15) is 34.2 Å². The average molecular weight is 476 g/mol. The van der Waals surface area contributed by atoms with Gasteiger partial charge in [0.1, 0.15) is 18.1 Å². The van der Waals surface area contributed by atoms with Crippen LogP contribution in [0.25, 0.3) is 10.9 Å². The minimum absolute atomic E-state index is 0.0345. The first kappa shape index (κ1) is 26.3. The van der Waals surface area contributed by atoms with Crippen molar-refractivity contribution in [1.29, 1.82) is 0 Å². The zero-order valence-electron chi connectivity index (χ0n) is 18.8. The van der Waals surface area contributed by atoms with Crippen molar-refractivity contribution in [2.45, 2.75) is 44.8 Å². The van der Waals surface area contributed by atoms with Crippen molar-refractivity contribution in [3.8, 4) is 0 Å². The molecule has 8 N–H and O–H groups in total. The number of amides is 3. The van der Waals surface area contributed by atoms with Crippen LogP contribution in [0.1, 0.15) is 25.8 Å². The maximum atomic E-state index is 13.0. The number of fused-ring (bicyclic) bond motifs is 1. The number of aliphatic carboxylic acids is 2. The van der Waals surface area contributed by atoms with E-state index in [2.05, 4.69) is 20.9 Å². The SMILES string of the molecule is CC(C)C(NC(=O)C(CC(=O)O)NC(=O)C(Cc1c[nH]c2ccccc12)NC(=O)CN)C(=O)O. The Morgan fingerprint density at radius 1 is 0.971 bits per heavy atom. The van der Waals surface area contributed by atoms with Crippen molar-refractivity contribution in [3.63, 3.8) is 0 Å².